The van der Waals surface area contributed by atoms with Gasteiger partial charge in [-0.25, -0.2) is 0 Å². The molecule has 0 aliphatic carbocycles. The fourth-order valence-electron chi connectivity index (χ4n) is 3.98. The molecule has 4 rings (SSSR count). The smallest absolute Gasteiger partial charge is 0.220 e. The van der Waals surface area contributed by atoms with Crippen molar-refractivity contribution >= 4 is 16.8 Å². The van der Waals surface area contributed by atoms with E-state index in [4.69, 9.17) is 9.47 Å². The molecule has 0 radical (unpaired) electrons. The highest BCUT2D eigenvalue weighted by molar-refractivity contribution is 5.84. The Kier molecular flexibility index (Phi) is 6.75. The standard InChI is InChI=1S/C27H28N2O3/c1-31-21-12-7-19(8-13-21)9-16-27(30)29-17-24(20-10-14-22(32-2)15-11-20)25-18-28-26-6-4-3-5-23(25)26/h3-8,10-15,18,24,28H,9,16-17H2,1-2H3,(H,29,30). The number of nitrogens with one attached hydrogen (secondary N) is 2. The summed E-state index contributed by atoms with van der Waals surface area (Å²) in [4.78, 5) is 16.0. The molecule has 0 saturated carbocycles. The molecular formula is C27H28N2O3. The molecule has 1 heterocycles. The number of para-hydroxylation sites is 1. The van der Waals surface area contributed by atoms with Gasteiger partial charge in [0.1, 0.15) is 11.5 Å². The molecule has 0 saturated heterocycles. The van der Waals surface area contributed by atoms with Gasteiger partial charge < -0.3 is 19.8 Å². The number of amides is 1. The molecule has 5 nitrogen and oxygen atoms in total. The fraction of sp³-hybridized carbons (Fsp3) is 0.222. The van der Waals surface area contributed by atoms with Crippen LogP contribution in [0.5, 0.6) is 11.5 Å². The lowest BCUT2D eigenvalue weighted by molar-refractivity contribution is -0.121. The highest BCUT2D eigenvalue weighted by Crippen LogP contribution is 2.31. The average Bonchev–Trinajstić information content (AvgIpc) is 3.27. The second-order valence-corrected chi connectivity index (χ2v) is 7.77. The van der Waals surface area contributed by atoms with Crippen molar-refractivity contribution in [3.05, 3.63) is 95.7 Å². The summed E-state index contributed by atoms with van der Waals surface area (Å²) >= 11 is 0. The van der Waals surface area contributed by atoms with Gasteiger partial charge in [0.05, 0.1) is 14.2 Å². The van der Waals surface area contributed by atoms with Gasteiger partial charge >= 0.3 is 0 Å². The summed E-state index contributed by atoms with van der Waals surface area (Å²) in [6, 6.07) is 24.1. The average molecular weight is 429 g/mol. The molecule has 164 valence electrons. The van der Waals surface area contributed by atoms with E-state index in [0.29, 0.717) is 19.4 Å². The Balaban J connectivity index is 1.48. The zero-order valence-corrected chi connectivity index (χ0v) is 18.4. The van der Waals surface area contributed by atoms with E-state index in [9.17, 15) is 4.79 Å². The summed E-state index contributed by atoms with van der Waals surface area (Å²) in [5.41, 5.74) is 4.50. The first kappa shape index (κ1) is 21.5. The number of carbonyl (C=O) groups excluding carboxylic acids is 1. The maximum absolute atomic E-state index is 12.6. The van der Waals surface area contributed by atoms with Gasteiger partial charge in [-0.3, -0.25) is 4.79 Å². The quantitative estimate of drug-likeness (QED) is 0.391. The number of hydrogen-bond donors (Lipinski definition) is 2. The van der Waals surface area contributed by atoms with E-state index < -0.39 is 0 Å². The second kappa shape index (κ2) is 10.1. The Bertz CT molecular complexity index is 1160. The number of hydrogen-bond acceptors (Lipinski definition) is 3. The van der Waals surface area contributed by atoms with Gasteiger partial charge in [0.2, 0.25) is 5.91 Å². The van der Waals surface area contributed by atoms with Gasteiger partial charge in [-0.1, -0.05) is 42.5 Å². The Morgan fingerprint density at radius 2 is 1.56 bits per heavy atom. The molecule has 0 fully saturated rings. The van der Waals surface area contributed by atoms with Crippen molar-refractivity contribution in [2.75, 3.05) is 20.8 Å². The van der Waals surface area contributed by atoms with Crippen molar-refractivity contribution in [1.29, 1.82) is 0 Å². The first-order valence-electron chi connectivity index (χ1n) is 10.8. The molecular weight excluding hydrogens is 400 g/mol. The van der Waals surface area contributed by atoms with E-state index >= 15 is 0 Å². The van der Waals surface area contributed by atoms with Crippen LogP contribution in [0.4, 0.5) is 0 Å². The lowest BCUT2D eigenvalue weighted by Crippen LogP contribution is -2.29. The Morgan fingerprint density at radius 3 is 2.25 bits per heavy atom. The third-order valence-corrected chi connectivity index (χ3v) is 5.82. The molecule has 1 unspecified atom stereocenters. The maximum Gasteiger partial charge on any atom is 0.220 e. The summed E-state index contributed by atoms with van der Waals surface area (Å²) in [5.74, 6) is 1.70. The molecule has 5 heteroatoms. The number of fused-ring (bicyclic) bond motifs is 1. The number of H-pyrrole nitrogens is 1. The van der Waals surface area contributed by atoms with E-state index in [2.05, 4.69) is 34.6 Å². The predicted octanol–water partition coefficient (Wildman–Crippen LogP) is 5.07. The summed E-state index contributed by atoms with van der Waals surface area (Å²) in [5, 5.41) is 4.31. The fourth-order valence-corrected chi connectivity index (χ4v) is 3.98. The van der Waals surface area contributed by atoms with Crippen LogP contribution in [0.2, 0.25) is 0 Å². The lowest BCUT2D eigenvalue weighted by atomic mass is 9.90. The molecule has 2 N–H and O–H groups in total. The number of aryl methyl sites for hydroxylation is 1. The predicted molar refractivity (Wildman–Crippen MR) is 127 cm³/mol. The molecule has 1 amide bonds. The van der Waals surface area contributed by atoms with Crippen LogP contribution in [0.1, 0.15) is 29.0 Å². The molecule has 3 aromatic carbocycles. The van der Waals surface area contributed by atoms with Gasteiger partial charge in [0.15, 0.2) is 0 Å². The number of rotatable bonds is 9. The SMILES string of the molecule is COc1ccc(CCC(=O)NCC(c2ccc(OC)cc2)c2c[nH]c3ccccc23)cc1. The molecule has 1 atom stereocenters. The summed E-state index contributed by atoms with van der Waals surface area (Å²) in [6.45, 7) is 0.523. The first-order valence-corrected chi connectivity index (χ1v) is 10.8. The molecule has 32 heavy (non-hydrogen) atoms. The molecule has 1 aromatic heterocycles. The van der Waals surface area contributed by atoms with E-state index in [1.165, 1.54) is 10.9 Å². The van der Waals surface area contributed by atoms with Crippen LogP contribution in [-0.4, -0.2) is 31.7 Å². The van der Waals surface area contributed by atoms with Crippen LogP contribution in [0.15, 0.2) is 79.0 Å². The van der Waals surface area contributed by atoms with Crippen LogP contribution in [0.3, 0.4) is 0 Å². The van der Waals surface area contributed by atoms with Crippen molar-refractivity contribution < 1.29 is 14.3 Å². The minimum atomic E-state index is 0.0296. The number of benzene rings is 3. The number of aromatic nitrogens is 1. The summed E-state index contributed by atoms with van der Waals surface area (Å²) < 4.78 is 10.5. The number of aromatic amines is 1. The lowest BCUT2D eigenvalue weighted by Gasteiger charge is -2.19. The molecule has 0 aliphatic rings. The highest BCUT2D eigenvalue weighted by Gasteiger charge is 2.19. The number of methoxy groups -OCH3 is 2. The van der Waals surface area contributed by atoms with Gasteiger partial charge in [-0.05, 0) is 53.4 Å². The van der Waals surface area contributed by atoms with Crippen LogP contribution in [-0.2, 0) is 11.2 Å². The molecule has 0 bridgehead atoms. The molecule has 4 aromatic rings. The summed E-state index contributed by atoms with van der Waals surface area (Å²) in [7, 11) is 3.31. The molecule has 0 spiro atoms. The maximum atomic E-state index is 12.6. The van der Waals surface area contributed by atoms with Gasteiger partial charge in [-0.2, -0.15) is 0 Å². The second-order valence-electron chi connectivity index (χ2n) is 7.77. The third-order valence-electron chi connectivity index (χ3n) is 5.82. The minimum absolute atomic E-state index is 0.0296. The van der Waals surface area contributed by atoms with Crippen molar-refractivity contribution in [3.63, 3.8) is 0 Å². The van der Waals surface area contributed by atoms with E-state index in [1.54, 1.807) is 14.2 Å². The largest absolute Gasteiger partial charge is 0.497 e. The zero-order chi connectivity index (χ0) is 22.3. The van der Waals surface area contributed by atoms with Crippen molar-refractivity contribution in [2.24, 2.45) is 0 Å². The van der Waals surface area contributed by atoms with Gasteiger partial charge in [0, 0.05) is 36.0 Å². The zero-order valence-electron chi connectivity index (χ0n) is 18.4. The van der Waals surface area contributed by atoms with Gasteiger partial charge in [-0.15, -0.1) is 0 Å². The van der Waals surface area contributed by atoms with Gasteiger partial charge in [0.25, 0.3) is 0 Å². The topological polar surface area (TPSA) is 63.4 Å². The number of carbonyl (C=O) groups is 1. The Morgan fingerprint density at radius 1 is 0.906 bits per heavy atom. The van der Waals surface area contributed by atoms with Crippen LogP contribution >= 0.6 is 0 Å². The van der Waals surface area contributed by atoms with Crippen LogP contribution in [0, 0.1) is 0 Å². The van der Waals surface area contributed by atoms with E-state index in [1.807, 2.05) is 54.7 Å². The Hall–Kier alpha value is -3.73. The normalized spacial score (nSPS) is 11.8. The van der Waals surface area contributed by atoms with Crippen LogP contribution in [0.25, 0.3) is 10.9 Å². The monoisotopic (exact) mass is 428 g/mol. The van der Waals surface area contributed by atoms with Crippen molar-refractivity contribution in [2.45, 2.75) is 18.8 Å². The first-order chi connectivity index (χ1) is 15.7. The minimum Gasteiger partial charge on any atom is -0.497 e. The summed E-state index contributed by atoms with van der Waals surface area (Å²) in [6.07, 6.45) is 3.18. The number of ether oxygens (including phenoxy) is 2. The Labute approximate surface area is 188 Å². The van der Waals surface area contributed by atoms with E-state index in [0.717, 1.165) is 28.1 Å². The third kappa shape index (κ3) is 4.94. The van der Waals surface area contributed by atoms with Crippen LogP contribution < -0.4 is 14.8 Å². The molecule has 0 aliphatic heterocycles. The van der Waals surface area contributed by atoms with Crippen molar-refractivity contribution in [3.8, 4) is 11.5 Å². The highest BCUT2D eigenvalue weighted by atomic mass is 16.5. The van der Waals surface area contributed by atoms with E-state index in [-0.39, 0.29) is 11.8 Å². The van der Waals surface area contributed by atoms with Crippen molar-refractivity contribution in [1.82, 2.24) is 10.3 Å².